The number of nitrogens with zero attached hydrogens (tertiary/aromatic N) is 1. The molecule has 0 amide bonds. The van der Waals surface area contributed by atoms with E-state index in [1.807, 2.05) is 0 Å². The van der Waals surface area contributed by atoms with Crippen LogP contribution in [0.15, 0.2) is 0 Å². The van der Waals surface area contributed by atoms with Crippen LogP contribution in [0.5, 0.6) is 0 Å². The zero-order chi connectivity index (χ0) is 16.8. The highest BCUT2D eigenvalue weighted by Gasteiger charge is 2.44. The molecule has 2 aliphatic rings. The molecule has 1 unspecified atom stereocenters. The van der Waals surface area contributed by atoms with Crippen LogP contribution in [-0.2, 0) is 9.53 Å². The van der Waals surface area contributed by atoms with Crippen molar-refractivity contribution in [2.24, 2.45) is 0 Å². The van der Waals surface area contributed by atoms with Gasteiger partial charge in [0.15, 0.2) is 11.7 Å². The summed E-state index contributed by atoms with van der Waals surface area (Å²) in [6.45, 7) is 8.76. The number of esters is 1. The lowest BCUT2D eigenvalue weighted by Gasteiger charge is -2.37. The van der Waals surface area contributed by atoms with E-state index in [-0.39, 0.29) is 12.1 Å². The molecule has 2 rings (SSSR count). The van der Waals surface area contributed by atoms with E-state index in [4.69, 9.17) is 4.74 Å². The number of carbonyl (C=O) groups excluding carboxylic acids is 1. The maximum atomic E-state index is 12.6. The van der Waals surface area contributed by atoms with Gasteiger partial charge in [0, 0.05) is 6.42 Å². The molecule has 1 N–H and O–H groups in total. The van der Waals surface area contributed by atoms with E-state index in [1.54, 1.807) is 0 Å². The van der Waals surface area contributed by atoms with Gasteiger partial charge in [-0.15, -0.1) is 0 Å². The molecular formula is C19H36NO3+. The molecule has 0 bridgehead atoms. The van der Waals surface area contributed by atoms with Gasteiger partial charge >= 0.3 is 5.97 Å². The SMILES string of the molecule is CCCCC(O)(CCCC)C(=O)OC1CC[N+]2(CCCCC2)C1. The number of rotatable bonds is 8. The molecule has 0 aromatic rings. The summed E-state index contributed by atoms with van der Waals surface area (Å²) < 4.78 is 6.93. The summed E-state index contributed by atoms with van der Waals surface area (Å²) in [5.41, 5.74) is -1.26. The molecule has 2 aliphatic heterocycles. The van der Waals surface area contributed by atoms with Crippen molar-refractivity contribution in [1.29, 1.82) is 0 Å². The maximum Gasteiger partial charge on any atom is 0.338 e. The average molecular weight is 327 g/mol. The number of piperidine rings is 1. The first-order valence-corrected chi connectivity index (χ1v) is 9.82. The molecule has 2 saturated heterocycles. The Morgan fingerprint density at radius 2 is 1.70 bits per heavy atom. The standard InChI is InChI=1S/C19H36NO3/c1-3-5-11-19(22,12-6-4-2)18(21)23-17-10-15-20(16-17)13-8-7-9-14-20/h17,22H,3-16H2,1-2H3/q+1. The molecular weight excluding hydrogens is 290 g/mol. The van der Waals surface area contributed by atoms with Crippen LogP contribution < -0.4 is 0 Å². The molecule has 0 aliphatic carbocycles. The van der Waals surface area contributed by atoms with E-state index in [0.29, 0.717) is 12.8 Å². The Labute approximate surface area is 141 Å². The highest BCUT2D eigenvalue weighted by Crippen LogP contribution is 2.30. The van der Waals surface area contributed by atoms with Gasteiger partial charge in [-0.2, -0.15) is 0 Å². The number of hydrogen-bond acceptors (Lipinski definition) is 3. The van der Waals surface area contributed by atoms with Crippen molar-refractivity contribution >= 4 is 5.97 Å². The summed E-state index contributed by atoms with van der Waals surface area (Å²) in [6, 6.07) is 0. The summed E-state index contributed by atoms with van der Waals surface area (Å²) in [7, 11) is 0. The quantitative estimate of drug-likeness (QED) is 0.549. The molecule has 4 heteroatoms. The second kappa shape index (κ2) is 8.48. The zero-order valence-electron chi connectivity index (χ0n) is 15.2. The summed E-state index contributed by atoms with van der Waals surface area (Å²) >= 11 is 0. The first-order valence-electron chi connectivity index (χ1n) is 9.82. The number of hydrogen-bond donors (Lipinski definition) is 1. The Balaban J connectivity index is 1.90. The predicted octanol–water partition coefficient (Wildman–Crippen LogP) is 3.41. The summed E-state index contributed by atoms with van der Waals surface area (Å²) in [5, 5.41) is 10.8. The van der Waals surface area contributed by atoms with Crippen molar-refractivity contribution in [3.05, 3.63) is 0 Å². The highest BCUT2D eigenvalue weighted by molar-refractivity contribution is 5.79. The van der Waals surface area contributed by atoms with Crippen LogP contribution in [-0.4, -0.2) is 53.4 Å². The molecule has 2 heterocycles. The van der Waals surface area contributed by atoms with Crippen LogP contribution in [0, 0.1) is 0 Å². The van der Waals surface area contributed by atoms with Crippen molar-refractivity contribution in [2.75, 3.05) is 26.2 Å². The summed E-state index contributed by atoms with van der Waals surface area (Å²) in [6.07, 6.45) is 9.73. The predicted molar refractivity (Wildman–Crippen MR) is 92.1 cm³/mol. The van der Waals surface area contributed by atoms with Crippen molar-refractivity contribution < 1.29 is 19.1 Å². The molecule has 0 aromatic heterocycles. The Hall–Kier alpha value is -0.610. The molecule has 0 aromatic carbocycles. The Morgan fingerprint density at radius 1 is 1.09 bits per heavy atom. The van der Waals surface area contributed by atoms with Gasteiger partial charge in [-0.25, -0.2) is 4.79 Å². The molecule has 0 radical (unpaired) electrons. The number of quaternary nitrogens is 1. The van der Waals surface area contributed by atoms with Crippen LogP contribution in [0.2, 0.25) is 0 Å². The largest absolute Gasteiger partial charge is 0.454 e. The second-order valence-electron chi connectivity index (χ2n) is 7.81. The fourth-order valence-corrected chi connectivity index (χ4v) is 4.25. The third kappa shape index (κ3) is 4.93. The lowest BCUT2D eigenvalue weighted by molar-refractivity contribution is -0.922. The van der Waals surface area contributed by atoms with Crippen LogP contribution in [0.25, 0.3) is 0 Å². The lowest BCUT2D eigenvalue weighted by Crippen LogP contribution is -2.50. The van der Waals surface area contributed by atoms with Gasteiger partial charge < -0.3 is 14.3 Å². The van der Waals surface area contributed by atoms with Crippen molar-refractivity contribution in [3.8, 4) is 0 Å². The fraction of sp³-hybridized carbons (Fsp3) is 0.947. The van der Waals surface area contributed by atoms with E-state index < -0.39 is 5.60 Å². The van der Waals surface area contributed by atoms with Crippen LogP contribution in [0.4, 0.5) is 0 Å². The monoisotopic (exact) mass is 326 g/mol. The third-order valence-electron chi connectivity index (χ3n) is 5.82. The van der Waals surface area contributed by atoms with E-state index >= 15 is 0 Å². The molecule has 23 heavy (non-hydrogen) atoms. The van der Waals surface area contributed by atoms with Crippen molar-refractivity contribution in [1.82, 2.24) is 0 Å². The van der Waals surface area contributed by atoms with Crippen molar-refractivity contribution in [2.45, 2.75) is 89.8 Å². The maximum absolute atomic E-state index is 12.6. The zero-order valence-corrected chi connectivity index (χ0v) is 15.2. The lowest BCUT2D eigenvalue weighted by atomic mass is 9.91. The minimum atomic E-state index is -1.26. The van der Waals surface area contributed by atoms with Gasteiger partial charge in [-0.3, -0.25) is 0 Å². The van der Waals surface area contributed by atoms with E-state index in [1.165, 1.54) is 32.4 Å². The smallest absolute Gasteiger partial charge is 0.338 e. The minimum Gasteiger partial charge on any atom is -0.454 e. The van der Waals surface area contributed by atoms with E-state index in [9.17, 15) is 9.90 Å². The average Bonchev–Trinajstić information content (AvgIpc) is 2.93. The van der Waals surface area contributed by atoms with Gasteiger partial charge in [-0.1, -0.05) is 39.5 Å². The Kier molecular flexibility index (Phi) is 6.90. The molecule has 0 saturated carbocycles. The first kappa shape index (κ1) is 18.7. The van der Waals surface area contributed by atoms with Crippen molar-refractivity contribution in [3.63, 3.8) is 0 Å². The van der Waals surface area contributed by atoms with Crippen LogP contribution >= 0.6 is 0 Å². The molecule has 4 nitrogen and oxygen atoms in total. The first-order chi connectivity index (χ1) is 11.0. The fourth-order valence-electron chi connectivity index (χ4n) is 4.25. The van der Waals surface area contributed by atoms with Gasteiger partial charge in [-0.05, 0) is 32.1 Å². The number of unbranched alkanes of at least 4 members (excludes halogenated alkanes) is 2. The normalized spacial score (nSPS) is 24.0. The van der Waals surface area contributed by atoms with Gasteiger partial charge in [0.1, 0.15) is 6.54 Å². The highest BCUT2D eigenvalue weighted by atomic mass is 16.6. The summed E-state index contributed by atoms with van der Waals surface area (Å²) in [5.74, 6) is -0.360. The van der Waals surface area contributed by atoms with E-state index in [0.717, 1.165) is 49.7 Å². The second-order valence-corrected chi connectivity index (χ2v) is 7.81. The summed E-state index contributed by atoms with van der Waals surface area (Å²) in [4.78, 5) is 12.6. The van der Waals surface area contributed by atoms with Crippen LogP contribution in [0.1, 0.15) is 78.1 Å². The Bertz CT molecular complexity index is 369. The van der Waals surface area contributed by atoms with E-state index in [2.05, 4.69) is 13.8 Å². The number of carbonyl (C=O) groups is 1. The molecule has 2 fully saturated rings. The molecule has 1 spiro atoms. The third-order valence-corrected chi connectivity index (χ3v) is 5.82. The molecule has 134 valence electrons. The topological polar surface area (TPSA) is 46.5 Å². The number of ether oxygens (including phenoxy) is 1. The van der Waals surface area contributed by atoms with Crippen LogP contribution in [0.3, 0.4) is 0 Å². The minimum absolute atomic E-state index is 0.00961. The van der Waals surface area contributed by atoms with Gasteiger partial charge in [0.25, 0.3) is 0 Å². The number of aliphatic hydroxyl groups is 1. The van der Waals surface area contributed by atoms with Gasteiger partial charge in [0.2, 0.25) is 0 Å². The molecule has 1 atom stereocenters. The Morgan fingerprint density at radius 3 is 2.26 bits per heavy atom. The van der Waals surface area contributed by atoms with Gasteiger partial charge in [0.05, 0.1) is 19.6 Å².